The van der Waals surface area contributed by atoms with Crippen LogP contribution in [-0.2, 0) is 36.7 Å². The Morgan fingerprint density at radius 3 is 2.76 bits per heavy atom. The van der Waals surface area contributed by atoms with E-state index in [0.717, 1.165) is 50.8 Å². The van der Waals surface area contributed by atoms with Gasteiger partial charge in [-0.15, -0.1) is 11.3 Å². The zero-order chi connectivity index (χ0) is 23.4. The summed E-state index contributed by atoms with van der Waals surface area (Å²) in [6, 6.07) is 13.7. The first-order chi connectivity index (χ1) is 16.5. The number of nitrogens with zero attached hydrogens (tertiary/aromatic N) is 1. The highest BCUT2D eigenvalue weighted by Gasteiger charge is 2.40. The van der Waals surface area contributed by atoms with E-state index in [1.54, 1.807) is 0 Å². The fraction of sp³-hybridized carbons (Fsp3) is 0.222. The molecule has 1 aliphatic carbocycles. The number of cyclic esters (lactones) is 2. The molecule has 4 heterocycles. The maximum atomic E-state index is 13.2. The van der Waals surface area contributed by atoms with Gasteiger partial charge in [0.1, 0.15) is 0 Å². The van der Waals surface area contributed by atoms with Crippen molar-refractivity contribution >= 4 is 56.0 Å². The van der Waals surface area contributed by atoms with Gasteiger partial charge in [0, 0.05) is 45.4 Å². The maximum Gasteiger partial charge on any atom is 0.347 e. The lowest BCUT2D eigenvalue weighted by atomic mass is 9.83. The van der Waals surface area contributed by atoms with Crippen molar-refractivity contribution in [3.05, 3.63) is 76.4 Å². The molecule has 0 saturated carbocycles. The largest absolute Gasteiger partial charge is 0.466 e. The Hall–Kier alpha value is -3.71. The number of aryl methyl sites for hydroxylation is 1. The lowest BCUT2D eigenvalue weighted by Crippen LogP contribution is -2.21. The number of aromatic nitrogens is 1. The quantitative estimate of drug-likeness (QED) is 0.315. The highest BCUT2D eigenvalue weighted by molar-refractivity contribution is 7.17. The Morgan fingerprint density at radius 1 is 1.12 bits per heavy atom. The molecule has 1 atom stereocenters. The molecule has 1 aliphatic heterocycles. The molecule has 170 valence electrons. The molecule has 0 amide bonds. The topological polar surface area (TPSA) is 74.1 Å². The monoisotopic (exact) mass is 471 g/mol. The second-order valence-corrected chi connectivity index (χ2v) is 9.65. The number of esters is 3. The number of ether oxygens (including phenoxy) is 2. The lowest BCUT2D eigenvalue weighted by molar-refractivity contribution is -0.149. The van der Waals surface area contributed by atoms with Crippen molar-refractivity contribution in [2.75, 3.05) is 6.61 Å². The van der Waals surface area contributed by atoms with Gasteiger partial charge in [-0.25, -0.2) is 9.59 Å². The Balaban J connectivity index is 1.59. The second kappa shape index (κ2) is 7.95. The van der Waals surface area contributed by atoms with Crippen LogP contribution in [0.15, 0.2) is 54.0 Å². The van der Waals surface area contributed by atoms with Crippen molar-refractivity contribution in [2.24, 2.45) is 5.92 Å². The smallest absolute Gasteiger partial charge is 0.347 e. The molecule has 0 fully saturated rings. The molecule has 0 radical (unpaired) electrons. The van der Waals surface area contributed by atoms with Crippen molar-refractivity contribution in [1.29, 1.82) is 0 Å². The van der Waals surface area contributed by atoms with E-state index in [9.17, 15) is 14.4 Å². The maximum absolute atomic E-state index is 13.2. The molecule has 1 unspecified atom stereocenters. The van der Waals surface area contributed by atoms with Crippen molar-refractivity contribution < 1.29 is 23.9 Å². The first-order valence-electron chi connectivity index (χ1n) is 11.2. The summed E-state index contributed by atoms with van der Waals surface area (Å²) in [4.78, 5) is 37.6. The third-order valence-corrected chi connectivity index (χ3v) is 7.67. The predicted octanol–water partition coefficient (Wildman–Crippen LogP) is 4.82. The van der Waals surface area contributed by atoms with Gasteiger partial charge in [-0.2, -0.15) is 0 Å². The molecule has 0 spiro atoms. The minimum absolute atomic E-state index is 0.145. The average Bonchev–Trinajstić information content (AvgIpc) is 3.48. The molecule has 6 rings (SSSR count). The number of carbonyl (C=O) groups is 3. The highest BCUT2D eigenvalue weighted by Crippen LogP contribution is 2.44. The highest BCUT2D eigenvalue weighted by atomic mass is 32.1. The predicted molar refractivity (Wildman–Crippen MR) is 129 cm³/mol. The van der Waals surface area contributed by atoms with Gasteiger partial charge in [-0.1, -0.05) is 24.3 Å². The molecule has 7 heteroatoms. The van der Waals surface area contributed by atoms with Crippen LogP contribution in [0.3, 0.4) is 0 Å². The minimum Gasteiger partial charge on any atom is -0.466 e. The molecule has 3 aromatic heterocycles. The first-order valence-corrected chi connectivity index (χ1v) is 12.1. The van der Waals surface area contributed by atoms with E-state index in [4.69, 9.17) is 9.47 Å². The molecule has 34 heavy (non-hydrogen) atoms. The van der Waals surface area contributed by atoms with Crippen LogP contribution in [-0.4, -0.2) is 28.9 Å². The molecular formula is C27H21NO5S. The summed E-state index contributed by atoms with van der Waals surface area (Å²) in [6.07, 6.45) is 4.32. The second-order valence-electron chi connectivity index (χ2n) is 8.74. The average molecular weight is 472 g/mol. The Labute approximate surface area is 199 Å². The van der Waals surface area contributed by atoms with Gasteiger partial charge in [0.25, 0.3) is 0 Å². The van der Waals surface area contributed by atoms with Gasteiger partial charge in [-0.3, -0.25) is 4.79 Å². The normalized spacial score (nSPS) is 18.0. The van der Waals surface area contributed by atoms with E-state index >= 15 is 0 Å². The number of carbonyl (C=O) groups excluding carboxylic acids is 3. The van der Waals surface area contributed by atoms with E-state index < -0.39 is 11.9 Å². The van der Waals surface area contributed by atoms with Gasteiger partial charge >= 0.3 is 17.9 Å². The number of fused-ring (bicyclic) bond motifs is 4. The first kappa shape index (κ1) is 20.9. The van der Waals surface area contributed by atoms with Crippen LogP contribution < -0.4 is 0 Å². The van der Waals surface area contributed by atoms with Gasteiger partial charge in [0.2, 0.25) is 0 Å². The van der Waals surface area contributed by atoms with Gasteiger partial charge < -0.3 is 13.9 Å². The molecule has 0 saturated heterocycles. The fourth-order valence-electron chi connectivity index (χ4n) is 5.24. The number of pyridine rings is 1. The SMILES string of the molecule is CC(=O)OCC1CCc2c(c(C3=C(c4csc5ccccc45)C(=O)OC3=O)c3ccccn23)C1. The Kier molecular flexibility index (Phi) is 4.88. The van der Waals surface area contributed by atoms with Crippen LogP contribution in [0.5, 0.6) is 0 Å². The summed E-state index contributed by atoms with van der Waals surface area (Å²) in [5.74, 6) is -1.38. The Morgan fingerprint density at radius 2 is 1.91 bits per heavy atom. The van der Waals surface area contributed by atoms with E-state index in [2.05, 4.69) is 4.40 Å². The number of hydrogen-bond donors (Lipinski definition) is 0. The molecule has 2 aliphatic rings. The molecular weight excluding hydrogens is 450 g/mol. The number of benzene rings is 1. The lowest BCUT2D eigenvalue weighted by Gasteiger charge is -2.23. The summed E-state index contributed by atoms with van der Waals surface area (Å²) >= 11 is 1.54. The van der Waals surface area contributed by atoms with Gasteiger partial charge in [0.15, 0.2) is 0 Å². The molecule has 6 nitrogen and oxygen atoms in total. The van der Waals surface area contributed by atoms with Crippen LogP contribution in [0.2, 0.25) is 0 Å². The van der Waals surface area contributed by atoms with Crippen molar-refractivity contribution in [2.45, 2.75) is 26.2 Å². The van der Waals surface area contributed by atoms with Crippen LogP contribution in [0.25, 0.3) is 26.7 Å². The van der Waals surface area contributed by atoms with E-state index in [1.807, 2.05) is 54.0 Å². The van der Waals surface area contributed by atoms with Crippen LogP contribution >= 0.6 is 11.3 Å². The van der Waals surface area contributed by atoms with Crippen LogP contribution in [0.4, 0.5) is 0 Å². The molecule has 4 aromatic rings. The summed E-state index contributed by atoms with van der Waals surface area (Å²) in [7, 11) is 0. The zero-order valence-electron chi connectivity index (χ0n) is 18.5. The van der Waals surface area contributed by atoms with Gasteiger partial charge in [0.05, 0.1) is 23.3 Å². The number of thiophene rings is 1. The minimum atomic E-state index is -0.614. The third-order valence-electron chi connectivity index (χ3n) is 6.71. The summed E-state index contributed by atoms with van der Waals surface area (Å²) < 4.78 is 13.7. The summed E-state index contributed by atoms with van der Waals surface area (Å²) in [5.41, 5.74) is 5.15. The van der Waals surface area contributed by atoms with E-state index in [-0.39, 0.29) is 11.9 Å². The zero-order valence-corrected chi connectivity index (χ0v) is 19.3. The van der Waals surface area contributed by atoms with Crippen molar-refractivity contribution in [1.82, 2.24) is 4.40 Å². The molecule has 0 bridgehead atoms. The molecule has 1 aromatic carbocycles. The third kappa shape index (κ3) is 3.19. The summed E-state index contributed by atoms with van der Waals surface area (Å²) in [5, 5.41) is 2.85. The fourth-order valence-corrected chi connectivity index (χ4v) is 6.19. The van der Waals surface area contributed by atoms with Crippen molar-refractivity contribution in [3.8, 4) is 0 Å². The van der Waals surface area contributed by atoms with Crippen LogP contribution in [0, 0.1) is 5.92 Å². The van der Waals surface area contributed by atoms with E-state index in [1.165, 1.54) is 18.3 Å². The van der Waals surface area contributed by atoms with Crippen LogP contribution in [0.1, 0.15) is 35.7 Å². The number of hydrogen-bond acceptors (Lipinski definition) is 6. The Bertz CT molecular complexity index is 1540. The standard InChI is InChI=1S/C27H21NO5S/c1-15(29)32-13-16-9-10-20-18(12-16)23(21-7-4-5-11-28(20)21)25-24(26(30)33-27(25)31)19-14-34-22-8-3-2-6-17(19)22/h2-8,11,14,16H,9-10,12-13H2,1H3. The summed E-state index contributed by atoms with van der Waals surface area (Å²) in [6.45, 7) is 1.75. The number of rotatable bonds is 4. The molecule has 0 N–H and O–H groups in total. The van der Waals surface area contributed by atoms with Crippen molar-refractivity contribution in [3.63, 3.8) is 0 Å². The van der Waals surface area contributed by atoms with Gasteiger partial charge in [-0.05, 0) is 48.9 Å². The van der Waals surface area contributed by atoms with E-state index in [0.29, 0.717) is 24.2 Å².